The van der Waals surface area contributed by atoms with Gasteiger partial charge in [0.15, 0.2) is 0 Å². The quantitative estimate of drug-likeness (QED) is 0.828. The predicted molar refractivity (Wildman–Crippen MR) is 74.3 cm³/mol. The number of ether oxygens (including phenoxy) is 1. The number of nitrogens with zero attached hydrogens (tertiary/aromatic N) is 5. The van der Waals surface area contributed by atoms with Gasteiger partial charge in [0.2, 0.25) is 0 Å². The highest BCUT2D eigenvalue weighted by Crippen LogP contribution is 2.16. The van der Waals surface area contributed by atoms with E-state index in [1.165, 1.54) is 0 Å². The van der Waals surface area contributed by atoms with Crippen LogP contribution in [-0.2, 0) is 11.2 Å². The van der Waals surface area contributed by atoms with E-state index in [0.717, 1.165) is 44.2 Å². The van der Waals surface area contributed by atoms with Crippen molar-refractivity contribution in [2.24, 2.45) is 5.92 Å². The molecule has 20 heavy (non-hydrogen) atoms. The average molecular weight is 271 g/mol. The van der Waals surface area contributed by atoms with Crippen LogP contribution in [0.3, 0.4) is 0 Å². The second-order valence-corrected chi connectivity index (χ2v) is 4.86. The van der Waals surface area contributed by atoms with Crippen molar-refractivity contribution >= 4 is 5.82 Å². The molecule has 2 aromatic heterocycles. The van der Waals surface area contributed by atoms with Crippen molar-refractivity contribution in [1.82, 2.24) is 19.9 Å². The molecule has 1 aliphatic heterocycles. The molecule has 0 amide bonds. The Morgan fingerprint density at radius 2 is 2.20 bits per heavy atom. The van der Waals surface area contributed by atoms with E-state index in [9.17, 15) is 0 Å². The fraction of sp³-hybridized carbons (Fsp3) is 0.429. The van der Waals surface area contributed by atoms with Crippen LogP contribution in [0.1, 0.15) is 5.69 Å². The summed E-state index contributed by atoms with van der Waals surface area (Å²) in [6.45, 7) is 3.22. The lowest BCUT2D eigenvalue weighted by Crippen LogP contribution is -2.31. The second-order valence-electron chi connectivity index (χ2n) is 4.86. The van der Waals surface area contributed by atoms with E-state index in [-0.39, 0.29) is 0 Å². The normalized spacial score (nSPS) is 19.6. The predicted octanol–water partition coefficient (Wildman–Crippen LogP) is 0.962. The Kier molecular flexibility index (Phi) is 4.13. The van der Waals surface area contributed by atoms with E-state index in [0.29, 0.717) is 5.92 Å². The van der Waals surface area contributed by atoms with E-state index < -0.39 is 0 Å². The Hall–Kier alpha value is -2.08. The maximum atomic E-state index is 5.70. The van der Waals surface area contributed by atoms with Crippen LogP contribution < -0.4 is 4.90 Å². The molecule has 1 atom stereocenters. The highest BCUT2D eigenvalue weighted by atomic mass is 16.5. The van der Waals surface area contributed by atoms with Gasteiger partial charge in [0.05, 0.1) is 19.4 Å². The molecule has 1 aliphatic rings. The summed E-state index contributed by atoms with van der Waals surface area (Å²) in [4.78, 5) is 19.0. The third-order valence-electron chi connectivity index (χ3n) is 3.35. The molecule has 6 nitrogen and oxygen atoms in total. The summed E-state index contributed by atoms with van der Waals surface area (Å²) in [7, 11) is 0. The minimum atomic E-state index is 0.398. The maximum absolute atomic E-state index is 5.70. The van der Waals surface area contributed by atoms with E-state index >= 15 is 0 Å². The van der Waals surface area contributed by atoms with Crippen molar-refractivity contribution in [3.05, 3.63) is 42.9 Å². The Morgan fingerprint density at radius 1 is 1.20 bits per heavy atom. The molecule has 3 rings (SSSR count). The van der Waals surface area contributed by atoms with Crippen molar-refractivity contribution in [1.29, 1.82) is 0 Å². The summed E-state index contributed by atoms with van der Waals surface area (Å²) in [6.07, 6.45) is 9.47. The van der Waals surface area contributed by atoms with Gasteiger partial charge in [-0.25, -0.2) is 15.0 Å². The molecule has 0 radical (unpaired) electrons. The largest absolute Gasteiger partial charge is 0.379 e. The first-order valence-corrected chi connectivity index (χ1v) is 6.75. The number of anilines is 1. The molecule has 0 saturated carbocycles. The summed E-state index contributed by atoms with van der Waals surface area (Å²) < 4.78 is 5.70. The van der Waals surface area contributed by atoms with E-state index in [4.69, 9.17) is 4.74 Å². The van der Waals surface area contributed by atoms with Gasteiger partial charge in [-0.1, -0.05) is 0 Å². The fourth-order valence-electron chi connectivity index (χ4n) is 2.40. The lowest BCUT2D eigenvalue weighted by Gasteiger charge is -2.23. The maximum Gasteiger partial charge on any atom is 0.147 e. The smallest absolute Gasteiger partial charge is 0.147 e. The van der Waals surface area contributed by atoms with Crippen LogP contribution in [0, 0.1) is 5.92 Å². The zero-order chi connectivity index (χ0) is 13.6. The van der Waals surface area contributed by atoms with Gasteiger partial charge in [-0.2, -0.15) is 0 Å². The minimum Gasteiger partial charge on any atom is -0.379 e. The molecule has 1 fully saturated rings. The SMILES string of the molecule is c1cc(C[C@@H]2COCCN(c3cnccn3)C2)ncn1. The summed E-state index contributed by atoms with van der Waals surface area (Å²) >= 11 is 0. The Balaban J connectivity index is 1.69. The molecule has 0 N–H and O–H groups in total. The van der Waals surface area contributed by atoms with Crippen molar-refractivity contribution in [3.8, 4) is 0 Å². The Bertz CT molecular complexity index is 522. The molecule has 1 saturated heterocycles. The molecule has 0 bridgehead atoms. The number of aromatic nitrogens is 4. The minimum absolute atomic E-state index is 0.398. The summed E-state index contributed by atoms with van der Waals surface area (Å²) in [6, 6.07) is 1.96. The standard InChI is InChI=1S/C14H17N5O/c1-2-16-11-18-13(1)7-12-9-19(5-6-20-10-12)14-8-15-3-4-17-14/h1-4,8,11-12H,5-7,9-10H2/t12-/m0/s1. The fourth-order valence-corrected chi connectivity index (χ4v) is 2.40. The molecule has 104 valence electrons. The van der Waals surface area contributed by atoms with Crippen molar-refractivity contribution in [3.63, 3.8) is 0 Å². The zero-order valence-corrected chi connectivity index (χ0v) is 11.2. The van der Waals surface area contributed by atoms with Crippen LogP contribution >= 0.6 is 0 Å². The first-order chi connectivity index (χ1) is 9.92. The summed E-state index contributed by atoms with van der Waals surface area (Å²) in [5, 5.41) is 0. The van der Waals surface area contributed by atoms with Gasteiger partial charge < -0.3 is 9.64 Å². The van der Waals surface area contributed by atoms with Crippen LogP contribution in [0.15, 0.2) is 37.2 Å². The van der Waals surface area contributed by atoms with Crippen LogP contribution in [-0.4, -0.2) is 46.2 Å². The molecular formula is C14H17N5O. The molecule has 2 aromatic rings. The van der Waals surface area contributed by atoms with Crippen LogP contribution in [0.25, 0.3) is 0 Å². The Morgan fingerprint density at radius 3 is 3.00 bits per heavy atom. The van der Waals surface area contributed by atoms with Gasteiger partial charge in [0, 0.05) is 43.3 Å². The van der Waals surface area contributed by atoms with Gasteiger partial charge in [-0.3, -0.25) is 4.98 Å². The third kappa shape index (κ3) is 3.27. The molecule has 0 spiro atoms. The Labute approximate surface area is 117 Å². The van der Waals surface area contributed by atoms with Crippen LogP contribution in [0.4, 0.5) is 5.82 Å². The molecule has 6 heteroatoms. The molecule has 3 heterocycles. The summed E-state index contributed by atoms with van der Waals surface area (Å²) in [5.74, 6) is 1.31. The zero-order valence-electron chi connectivity index (χ0n) is 11.2. The number of hydrogen-bond acceptors (Lipinski definition) is 6. The average Bonchev–Trinajstić information content (AvgIpc) is 2.75. The van der Waals surface area contributed by atoms with Crippen LogP contribution in [0.2, 0.25) is 0 Å². The third-order valence-corrected chi connectivity index (χ3v) is 3.35. The molecule has 0 aromatic carbocycles. The highest BCUT2D eigenvalue weighted by molar-refractivity contribution is 5.35. The highest BCUT2D eigenvalue weighted by Gasteiger charge is 2.20. The lowest BCUT2D eigenvalue weighted by atomic mass is 10.0. The van der Waals surface area contributed by atoms with Crippen LogP contribution in [0.5, 0.6) is 0 Å². The molecule has 0 unspecified atom stereocenters. The van der Waals surface area contributed by atoms with Crippen molar-refractivity contribution < 1.29 is 4.74 Å². The van der Waals surface area contributed by atoms with Gasteiger partial charge in [0.1, 0.15) is 12.1 Å². The van der Waals surface area contributed by atoms with Gasteiger partial charge in [-0.15, -0.1) is 0 Å². The van der Waals surface area contributed by atoms with E-state index in [1.54, 1.807) is 31.1 Å². The van der Waals surface area contributed by atoms with Crippen molar-refractivity contribution in [2.45, 2.75) is 6.42 Å². The molecule has 0 aliphatic carbocycles. The number of rotatable bonds is 3. The first-order valence-electron chi connectivity index (χ1n) is 6.75. The van der Waals surface area contributed by atoms with Gasteiger partial charge in [-0.05, 0) is 12.5 Å². The first kappa shape index (κ1) is 12.9. The van der Waals surface area contributed by atoms with Gasteiger partial charge in [0.25, 0.3) is 0 Å². The topological polar surface area (TPSA) is 64.0 Å². The second kappa shape index (κ2) is 6.38. The van der Waals surface area contributed by atoms with Crippen molar-refractivity contribution in [2.75, 3.05) is 31.2 Å². The van der Waals surface area contributed by atoms with Gasteiger partial charge >= 0.3 is 0 Å². The van der Waals surface area contributed by atoms with E-state index in [1.807, 2.05) is 6.07 Å². The number of hydrogen-bond donors (Lipinski definition) is 0. The monoisotopic (exact) mass is 271 g/mol. The van der Waals surface area contributed by atoms with E-state index in [2.05, 4.69) is 24.8 Å². The lowest BCUT2D eigenvalue weighted by molar-refractivity contribution is 0.123. The summed E-state index contributed by atoms with van der Waals surface area (Å²) in [5.41, 5.74) is 1.05. The molecular weight excluding hydrogens is 254 g/mol.